The lowest BCUT2D eigenvalue weighted by atomic mass is 10.0. The minimum atomic E-state index is -1.68. The smallest absolute Gasteiger partial charge is 0.328 e. The van der Waals surface area contributed by atoms with Gasteiger partial charge in [-0.3, -0.25) is 19.2 Å². The maximum atomic E-state index is 13.2. The summed E-state index contributed by atoms with van der Waals surface area (Å²) in [5, 5.41) is 48.0. The molecule has 0 aliphatic carbocycles. The summed E-state index contributed by atoms with van der Waals surface area (Å²) in [6, 6.07) is -5.90. The molecule has 0 fully saturated rings. The third-order valence-electron chi connectivity index (χ3n) is 8.03. The van der Waals surface area contributed by atoms with Gasteiger partial charge < -0.3 is 47.4 Å². The van der Waals surface area contributed by atoms with Crippen LogP contribution in [0.15, 0.2) is 0 Å². The van der Waals surface area contributed by atoms with Crippen LogP contribution in [0.25, 0.3) is 0 Å². The Hall–Kier alpha value is -2.81. The summed E-state index contributed by atoms with van der Waals surface area (Å²) in [7, 11) is 0. The molecule has 0 aromatic rings. The summed E-state index contributed by atoms with van der Waals surface area (Å²) < 4.78 is 0. The molecule has 0 rings (SSSR count). The second-order valence-corrected chi connectivity index (χ2v) is 12.4. The number of aliphatic carboxylic acids is 1. The molecule has 4 amide bonds. The molecule has 0 aromatic heterocycles. The van der Waals surface area contributed by atoms with Gasteiger partial charge in [0.15, 0.2) is 0 Å². The molecule has 0 radical (unpaired) electrons. The molecule has 0 spiro atoms. The maximum absolute atomic E-state index is 13.2. The number of rotatable bonds is 29. The second kappa shape index (κ2) is 27.2. The van der Waals surface area contributed by atoms with Gasteiger partial charge in [0, 0.05) is 6.42 Å². The molecule has 47 heavy (non-hydrogen) atoms. The summed E-state index contributed by atoms with van der Waals surface area (Å²) in [6.07, 6.45) is 14.0. The van der Waals surface area contributed by atoms with Gasteiger partial charge in [0.2, 0.25) is 23.6 Å². The molecule has 10 N–H and O–H groups in total. The molecule has 0 bridgehead atoms. The van der Waals surface area contributed by atoms with Gasteiger partial charge in [-0.2, -0.15) is 0 Å². The summed E-state index contributed by atoms with van der Waals surface area (Å²) >= 11 is 0. The molecular weight excluding hydrogens is 610 g/mol. The number of carboxylic acids is 1. The largest absolute Gasteiger partial charge is 0.480 e. The van der Waals surface area contributed by atoms with Crippen LogP contribution in [0, 0.1) is 0 Å². The molecule has 0 aromatic carbocycles. The molecule has 0 saturated heterocycles. The van der Waals surface area contributed by atoms with E-state index in [2.05, 4.69) is 22.9 Å². The van der Waals surface area contributed by atoms with E-state index in [-0.39, 0.29) is 18.7 Å². The Kier molecular flexibility index (Phi) is 25.5. The Bertz CT molecular complexity index is 904. The Balaban J connectivity index is 4.97. The van der Waals surface area contributed by atoms with E-state index < -0.39 is 66.7 Å². The minimum Gasteiger partial charge on any atom is -0.480 e. The van der Waals surface area contributed by atoms with E-state index >= 15 is 0 Å². The third-order valence-corrected chi connectivity index (χ3v) is 8.03. The van der Waals surface area contributed by atoms with Gasteiger partial charge in [0.25, 0.3) is 0 Å². The highest BCUT2D eigenvalue weighted by molar-refractivity contribution is 5.95. The number of carbonyl (C=O) groups excluding carboxylic acids is 4. The van der Waals surface area contributed by atoms with Crippen LogP contribution in [-0.2, 0) is 24.0 Å². The molecule has 0 aliphatic rings. The average molecular weight is 674 g/mol. The molecule has 0 aliphatic heterocycles. The first-order chi connectivity index (χ1) is 22.4. The van der Waals surface area contributed by atoms with Crippen molar-refractivity contribution in [2.75, 3.05) is 13.2 Å². The molecule has 0 heterocycles. The summed E-state index contributed by atoms with van der Waals surface area (Å²) in [5.41, 5.74) is 5.59. The Labute approximate surface area is 280 Å². The highest BCUT2D eigenvalue weighted by atomic mass is 16.4. The van der Waals surface area contributed by atoms with Crippen molar-refractivity contribution in [2.45, 2.75) is 166 Å². The fourth-order valence-corrected chi connectivity index (χ4v) is 5.09. The number of hydrogen-bond acceptors (Lipinski definition) is 9. The van der Waals surface area contributed by atoms with Crippen LogP contribution < -0.4 is 27.0 Å². The van der Waals surface area contributed by atoms with Crippen LogP contribution in [0.2, 0.25) is 0 Å². The van der Waals surface area contributed by atoms with Crippen molar-refractivity contribution in [1.82, 2.24) is 21.3 Å². The summed E-state index contributed by atoms with van der Waals surface area (Å²) in [4.78, 5) is 62.7. The number of aliphatic hydroxyl groups is 3. The predicted molar refractivity (Wildman–Crippen MR) is 179 cm³/mol. The number of nitrogens with two attached hydrogens (primary N) is 1. The number of hydrogen-bond donors (Lipinski definition) is 9. The van der Waals surface area contributed by atoms with Gasteiger partial charge in [-0.1, -0.05) is 84.0 Å². The van der Waals surface area contributed by atoms with E-state index in [1.807, 2.05) is 5.32 Å². The van der Waals surface area contributed by atoms with Gasteiger partial charge in [-0.15, -0.1) is 0 Å². The van der Waals surface area contributed by atoms with Crippen molar-refractivity contribution in [2.24, 2.45) is 5.73 Å². The second-order valence-electron chi connectivity index (χ2n) is 12.4. The number of nitrogens with one attached hydrogen (secondary N) is 4. The fourth-order valence-electron chi connectivity index (χ4n) is 5.09. The first-order valence-corrected chi connectivity index (χ1v) is 17.5. The Morgan fingerprint density at radius 3 is 1.47 bits per heavy atom. The summed E-state index contributed by atoms with van der Waals surface area (Å²) in [5.74, 6) is -4.66. The lowest BCUT2D eigenvalue weighted by molar-refractivity contribution is -0.144. The van der Waals surface area contributed by atoms with E-state index in [1.165, 1.54) is 71.6 Å². The van der Waals surface area contributed by atoms with Crippen molar-refractivity contribution < 1.29 is 44.4 Å². The SMILES string of the molecule is CCCCCCCCCCCCCCCC(=O)N[C@@H](CCCCN)C(=O)N[C@H](C(=O)N[C@H](C(=O)N[C@@H](CO)C(=O)O)[C@@H](C)O)[C@@H](C)O. The van der Waals surface area contributed by atoms with Crippen LogP contribution in [0.1, 0.15) is 130 Å². The molecule has 6 atom stereocenters. The van der Waals surface area contributed by atoms with Crippen molar-refractivity contribution >= 4 is 29.6 Å². The fraction of sp³-hybridized carbons (Fsp3) is 0.848. The van der Waals surface area contributed by atoms with Crippen molar-refractivity contribution in [1.29, 1.82) is 0 Å². The number of unbranched alkanes of at least 4 members (excludes halogenated alkanes) is 13. The lowest BCUT2D eigenvalue weighted by Crippen LogP contribution is -2.62. The zero-order valence-electron chi connectivity index (χ0n) is 28.8. The first-order valence-electron chi connectivity index (χ1n) is 17.5. The Morgan fingerprint density at radius 1 is 0.596 bits per heavy atom. The van der Waals surface area contributed by atoms with Gasteiger partial charge in [0.05, 0.1) is 18.8 Å². The van der Waals surface area contributed by atoms with E-state index in [0.717, 1.165) is 19.3 Å². The average Bonchev–Trinajstić information content (AvgIpc) is 3.02. The topological polar surface area (TPSA) is 240 Å². The molecule has 0 unspecified atom stereocenters. The van der Waals surface area contributed by atoms with Crippen LogP contribution in [-0.4, -0.2) is 99.6 Å². The third kappa shape index (κ3) is 20.9. The number of amides is 4. The van der Waals surface area contributed by atoms with Crippen molar-refractivity contribution in [3.8, 4) is 0 Å². The van der Waals surface area contributed by atoms with Gasteiger partial charge >= 0.3 is 5.97 Å². The number of aliphatic hydroxyl groups excluding tert-OH is 3. The molecule has 14 nitrogen and oxygen atoms in total. The standard InChI is InChI=1S/C33H63N5O9/c1-4-5-6-7-8-9-10-11-12-13-14-15-16-20-27(42)35-25(19-17-18-21-34)30(43)37-29(24(3)41)32(45)38-28(23(2)40)31(44)36-26(22-39)33(46)47/h23-26,28-29,39-41H,4-22,34H2,1-3H3,(H,35,42)(H,36,44)(H,37,43)(H,38,45)(H,46,47)/t23-,24-,25+,26+,28+,29+/m1/s1. The lowest BCUT2D eigenvalue weighted by Gasteiger charge is -2.28. The molecule has 274 valence electrons. The van der Waals surface area contributed by atoms with Gasteiger partial charge in [0.1, 0.15) is 24.2 Å². The van der Waals surface area contributed by atoms with Crippen LogP contribution in [0.3, 0.4) is 0 Å². The normalized spacial score (nSPS) is 15.0. The van der Waals surface area contributed by atoms with Crippen LogP contribution in [0.4, 0.5) is 0 Å². The van der Waals surface area contributed by atoms with Crippen LogP contribution in [0.5, 0.6) is 0 Å². The maximum Gasteiger partial charge on any atom is 0.328 e. The monoisotopic (exact) mass is 673 g/mol. The van der Waals surface area contributed by atoms with Gasteiger partial charge in [-0.25, -0.2) is 4.79 Å². The quantitative estimate of drug-likeness (QED) is 0.0517. The number of carbonyl (C=O) groups is 5. The predicted octanol–water partition coefficient (Wildman–Crippen LogP) is 1.37. The van der Waals surface area contributed by atoms with E-state index in [0.29, 0.717) is 25.8 Å². The molecule has 0 saturated carbocycles. The number of carboxylic acid groups (broad SMARTS) is 1. The van der Waals surface area contributed by atoms with Crippen molar-refractivity contribution in [3.63, 3.8) is 0 Å². The van der Waals surface area contributed by atoms with E-state index in [1.54, 1.807) is 0 Å². The van der Waals surface area contributed by atoms with Gasteiger partial charge in [-0.05, 0) is 46.1 Å². The molecule has 14 heteroatoms. The van der Waals surface area contributed by atoms with Crippen molar-refractivity contribution in [3.05, 3.63) is 0 Å². The minimum absolute atomic E-state index is 0.245. The first kappa shape index (κ1) is 44.2. The highest BCUT2D eigenvalue weighted by Crippen LogP contribution is 2.13. The molecular formula is C33H63N5O9. The zero-order chi connectivity index (χ0) is 35.6. The highest BCUT2D eigenvalue weighted by Gasteiger charge is 2.34. The zero-order valence-corrected chi connectivity index (χ0v) is 28.8. The van der Waals surface area contributed by atoms with E-state index in [9.17, 15) is 39.3 Å². The summed E-state index contributed by atoms with van der Waals surface area (Å²) in [6.45, 7) is 4.11. The van der Waals surface area contributed by atoms with Crippen LogP contribution >= 0.6 is 0 Å². The Morgan fingerprint density at radius 2 is 1.04 bits per heavy atom. The van der Waals surface area contributed by atoms with E-state index in [4.69, 9.17) is 10.8 Å².